The van der Waals surface area contributed by atoms with E-state index in [2.05, 4.69) is 9.97 Å². The van der Waals surface area contributed by atoms with Crippen molar-refractivity contribution in [3.8, 4) is 0 Å². The number of nitrogens with zero attached hydrogens (tertiary/aromatic N) is 4. The topological polar surface area (TPSA) is 87.8 Å². The predicted molar refractivity (Wildman–Crippen MR) is 128 cm³/mol. The number of carbonyl (C=O) groups is 2. The van der Waals surface area contributed by atoms with E-state index in [0.717, 1.165) is 11.1 Å². The van der Waals surface area contributed by atoms with Crippen LogP contribution in [0.15, 0.2) is 72.7 Å². The maximum Gasteiger partial charge on any atom is 0.295 e. The summed E-state index contributed by atoms with van der Waals surface area (Å²) < 4.78 is 1.85. The molecule has 4 heterocycles. The van der Waals surface area contributed by atoms with Crippen LogP contribution in [0, 0.1) is 13.8 Å². The van der Waals surface area contributed by atoms with E-state index in [0.29, 0.717) is 21.9 Å². The lowest BCUT2D eigenvalue weighted by molar-refractivity contribution is -0.140. The van der Waals surface area contributed by atoms with Crippen LogP contribution >= 0.6 is 11.6 Å². The SMILES string of the molecule is Cc1cccn2c(C)c(C(O)=C3C(=O)C(=O)N(Cc4cccnc4)C3c3ccc(Cl)cc3)nc12. The van der Waals surface area contributed by atoms with Gasteiger partial charge in [-0.05, 0) is 54.8 Å². The third kappa shape index (κ3) is 3.54. The highest BCUT2D eigenvalue weighted by molar-refractivity contribution is 6.46. The Hall–Kier alpha value is -3.97. The Morgan fingerprint density at radius 1 is 1.09 bits per heavy atom. The fourth-order valence-corrected chi connectivity index (χ4v) is 4.52. The molecule has 1 saturated heterocycles. The zero-order valence-electron chi connectivity index (χ0n) is 18.6. The van der Waals surface area contributed by atoms with Crippen molar-refractivity contribution < 1.29 is 14.7 Å². The van der Waals surface area contributed by atoms with Gasteiger partial charge in [-0.2, -0.15) is 0 Å². The number of carbonyl (C=O) groups excluding carboxylic acids is 2. The Bertz CT molecular complexity index is 1460. The normalized spacial score (nSPS) is 17.6. The molecule has 0 saturated carbocycles. The number of likely N-dealkylation sites (tertiary alicyclic amines) is 1. The summed E-state index contributed by atoms with van der Waals surface area (Å²) >= 11 is 6.09. The van der Waals surface area contributed by atoms with Crippen molar-refractivity contribution in [1.82, 2.24) is 19.3 Å². The Balaban J connectivity index is 1.71. The van der Waals surface area contributed by atoms with Crippen LogP contribution in [-0.2, 0) is 16.1 Å². The van der Waals surface area contributed by atoms with Crippen LogP contribution in [0.4, 0.5) is 0 Å². The van der Waals surface area contributed by atoms with Crippen molar-refractivity contribution in [2.24, 2.45) is 0 Å². The van der Waals surface area contributed by atoms with E-state index in [1.54, 1.807) is 42.7 Å². The van der Waals surface area contributed by atoms with Crippen LogP contribution in [-0.4, -0.2) is 36.1 Å². The van der Waals surface area contributed by atoms with Crippen LogP contribution < -0.4 is 0 Å². The van der Waals surface area contributed by atoms with E-state index >= 15 is 0 Å². The Morgan fingerprint density at radius 3 is 2.53 bits per heavy atom. The lowest BCUT2D eigenvalue weighted by atomic mass is 9.96. The minimum absolute atomic E-state index is 0.000344. The molecule has 5 rings (SSSR count). The molecule has 0 radical (unpaired) electrons. The van der Waals surface area contributed by atoms with Crippen molar-refractivity contribution in [3.63, 3.8) is 0 Å². The molecule has 4 aromatic rings. The second-order valence-electron chi connectivity index (χ2n) is 8.27. The second kappa shape index (κ2) is 8.43. The average Bonchev–Trinajstić information content (AvgIpc) is 3.30. The van der Waals surface area contributed by atoms with Crippen LogP contribution in [0.1, 0.15) is 34.1 Å². The highest BCUT2D eigenvalue weighted by atomic mass is 35.5. The molecule has 3 aromatic heterocycles. The molecule has 34 heavy (non-hydrogen) atoms. The molecule has 1 unspecified atom stereocenters. The quantitative estimate of drug-likeness (QED) is 0.266. The number of hydrogen-bond donors (Lipinski definition) is 1. The van der Waals surface area contributed by atoms with Crippen molar-refractivity contribution in [1.29, 1.82) is 0 Å². The number of benzene rings is 1. The number of rotatable bonds is 4. The summed E-state index contributed by atoms with van der Waals surface area (Å²) in [6.45, 7) is 3.90. The largest absolute Gasteiger partial charge is 0.505 e. The van der Waals surface area contributed by atoms with E-state index in [-0.39, 0.29) is 23.6 Å². The number of fused-ring (bicyclic) bond motifs is 1. The molecule has 8 heteroatoms. The average molecular weight is 473 g/mol. The summed E-state index contributed by atoms with van der Waals surface area (Å²) in [6, 6.07) is 13.5. The fourth-order valence-electron chi connectivity index (χ4n) is 4.40. The molecule has 1 amide bonds. The number of aromatic nitrogens is 3. The van der Waals surface area contributed by atoms with E-state index in [4.69, 9.17) is 11.6 Å². The number of halogens is 1. The van der Waals surface area contributed by atoms with Crippen LogP contribution in [0.5, 0.6) is 0 Å². The van der Waals surface area contributed by atoms with Gasteiger partial charge in [0, 0.05) is 30.2 Å². The Morgan fingerprint density at radius 2 is 1.85 bits per heavy atom. The van der Waals surface area contributed by atoms with E-state index in [1.165, 1.54) is 4.90 Å². The van der Waals surface area contributed by atoms with Crippen molar-refractivity contribution >= 4 is 34.7 Å². The maximum atomic E-state index is 13.3. The second-order valence-corrected chi connectivity index (χ2v) is 8.71. The first kappa shape index (κ1) is 21.9. The third-order valence-corrected chi connectivity index (χ3v) is 6.36. The number of aryl methyl sites for hydroxylation is 2. The lowest BCUT2D eigenvalue weighted by Gasteiger charge is -2.25. The molecular weight excluding hydrogens is 452 g/mol. The molecule has 1 N–H and O–H groups in total. The molecule has 1 atom stereocenters. The van der Waals surface area contributed by atoms with Crippen LogP contribution in [0.25, 0.3) is 11.4 Å². The molecule has 1 aliphatic rings. The van der Waals surface area contributed by atoms with E-state index in [9.17, 15) is 14.7 Å². The smallest absolute Gasteiger partial charge is 0.295 e. The van der Waals surface area contributed by atoms with Crippen LogP contribution in [0.3, 0.4) is 0 Å². The Kier molecular flexibility index (Phi) is 5.42. The molecule has 170 valence electrons. The number of ketones is 1. The minimum atomic E-state index is -0.803. The number of aliphatic hydroxyl groups excluding tert-OH is 1. The van der Waals surface area contributed by atoms with Crippen LogP contribution in [0.2, 0.25) is 5.02 Å². The molecule has 1 fully saturated rings. The zero-order valence-corrected chi connectivity index (χ0v) is 19.3. The van der Waals surface area contributed by atoms with Gasteiger partial charge in [-0.25, -0.2) is 4.98 Å². The van der Waals surface area contributed by atoms with Gasteiger partial charge in [0.1, 0.15) is 11.3 Å². The van der Waals surface area contributed by atoms with Gasteiger partial charge in [0.05, 0.1) is 17.3 Å². The Labute approximate surface area is 201 Å². The summed E-state index contributed by atoms with van der Waals surface area (Å²) in [7, 11) is 0. The van der Waals surface area contributed by atoms with Gasteiger partial charge in [0.2, 0.25) is 0 Å². The van der Waals surface area contributed by atoms with Crippen molar-refractivity contribution in [2.45, 2.75) is 26.4 Å². The lowest BCUT2D eigenvalue weighted by Crippen LogP contribution is -2.29. The highest BCUT2D eigenvalue weighted by Gasteiger charge is 2.46. The van der Waals surface area contributed by atoms with Gasteiger partial charge in [0.15, 0.2) is 5.76 Å². The van der Waals surface area contributed by atoms with Gasteiger partial charge in [-0.15, -0.1) is 0 Å². The highest BCUT2D eigenvalue weighted by Crippen LogP contribution is 2.41. The van der Waals surface area contributed by atoms with Crippen molar-refractivity contribution in [2.75, 3.05) is 0 Å². The number of Topliss-reactive ketones (excluding diaryl/α,β-unsaturated/α-hetero) is 1. The van der Waals surface area contributed by atoms with Crippen molar-refractivity contribution in [3.05, 3.63) is 106 Å². The maximum absolute atomic E-state index is 13.3. The summed E-state index contributed by atoms with van der Waals surface area (Å²) in [4.78, 5) is 36.6. The van der Waals surface area contributed by atoms with E-state index < -0.39 is 17.7 Å². The number of imidazole rings is 1. The summed E-state index contributed by atoms with van der Waals surface area (Å²) in [6.07, 6.45) is 5.13. The standard InChI is InChI=1S/C26H21ClN4O3/c1-15-5-4-12-30-16(2)21(29-25(15)30)23(32)20-22(18-7-9-19(27)10-8-18)31(26(34)24(20)33)14-17-6-3-11-28-13-17/h3-13,22,32H,14H2,1-2H3. The molecular formula is C26H21ClN4O3. The molecule has 0 aliphatic carbocycles. The number of pyridine rings is 2. The summed E-state index contributed by atoms with van der Waals surface area (Å²) in [5, 5.41) is 11.9. The first-order chi connectivity index (χ1) is 16.4. The van der Waals surface area contributed by atoms with Gasteiger partial charge in [0.25, 0.3) is 11.7 Å². The first-order valence-corrected chi connectivity index (χ1v) is 11.1. The molecule has 1 aromatic carbocycles. The number of amides is 1. The number of aliphatic hydroxyl groups is 1. The predicted octanol–water partition coefficient (Wildman–Crippen LogP) is 4.62. The summed E-state index contributed by atoms with van der Waals surface area (Å²) in [5.41, 5.74) is 3.97. The molecule has 1 aliphatic heterocycles. The van der Waals surface area contributed by atoms with Gasteiger partial charge in [-0.3, -0.25) is 14.6 Å². The molecule has 7 nitrogen and oxygen atoms in total. The monoisotopic (exact) mass is 472 g/mol. The molecule has 0 spiro atoms. The van der Waals surface area contributed by atoms with Gasteiger partial charge in [-0.1, -0.05) is 35.9 Å². The fraction of sp³-hybridized carbons (Fsp3) is 0.154. The summed E-state index contributed by atoms with van der Waals surface area (Å²) in [5.74, 6) is -1.75. The van der Waals surface area contributed by atoms with Gasteiger partial charge >= 0.3 is 0 Å². The van der Waals surface area contributed by atoms with E-state index in [1.807, 2.05) is 42.6 Å². The van der Waals surface area contributed by atoms with Gasteiger partial charge < -0.3 is 14.4 Å². The first-order valence-electron chi connectivity index (χ1n) is 10.7. The third-order valence-electron chi connectivity index (χ3n) is 6.11. The molecule has 0 bridgehead atoms. The zero-order chi connectivity index (χ0) is 24.0. The number of hydrogen-bond acceptors (Lipinski definition) is 5. The minimum Gasteiger partial charge on any atom is -0.505 e.